The fourth-order valence-electron chi connectivity index (χ4n) is 8.77. The molecule has 0 bridgehead atoms. The van der Waals surface area contributed by atoms with Crippen molar-refractivity contribution in [3.8, 4) is 0 Å². The molecule has 406 valence electrons. The number of allylic oxidation sites excluding steroid dienone is 12. The zero-order chi connectivity index (χ0) is 50.6. The van der Waals surface area contributed by atoms with Crippen LogP contribution < -0.4 is 0 Å². The van der Waals surface area contributed by atoms with Gasteiger partial charge in [0.2, 0.25) is 0 Å². The highest BCUT2D eigenvalue weighted by molar-refractivity contribution is 5.70. The predicted molar refractivity (Wildman–Crippen MR) is 307 cm³/mol. The van der Waals surface area contributed by atoms with Gasteiger partial charge in [0.15, 0.2) is 6.10 Å². The zero-order valence-corrected chi connectivity index (χ0v) is 46.8. The lowest BCUT2D eigenvalue weighted by Gasteiger charge is -2.18. The third-order valence-corrected chi connectivity index (χ3v) is 13.3. The summed E-state index contributed by atoms with van der Waals surface area (Å²) in [5.74, 6) is -0.413. The van der Waals surface area contributed by atoms with Gasteiger partial charge in [0, 0.05) is 19.4 Å². The van der Waals surface area contributed by atoms with Crippen molar-refractivity contribution < 1.29 is 23.8 Å². The van der Waals surface area contributed by atoms with Crippen LogP contribution in [0.3, 0.4) is 0 Å². The summed E-state index contributed by atoms with van der Waals surface area (Å²) in [7, 11) is 0. The average molecular weight is 978 g/mol. The van der Waals surface area contributed by atoms with Crippen molar-refractivity contribution in [2.45, 2.75) is 309 Å². The number of carbonyl (C=O) groups excluding carboxylic acids is 2. The summed E-state index contributed by atoms with van der Waals surface area (Å²) >= 11 is 0. The van der Waals surface area contributed by atoms with Crippen molar-refractivity contribution in [1.29, 1.82) is 0 Å². The third-order valence-electron chi connectivity index (χ3n) is 13.3. The molecule has 0 amide bonds. The lowest BCUT2D eigenvalue weighted by atomic mass is 10.0. The Kier molecular flexibility index (Phi) is 58.3. The van der Waals surface area contributed by atoms with Crippen LogP contribution >= 0.6 is 0 Å². The molecule has 0 aliphatic carbocycles. The molecule has 0 radical (unpaired) electrons. The second-order valence-corrected chi connectivity index (χ2v) is 20.2. The smallest absolute Gasteiger partial charge is 0.306 e. The van der Waals surface area contributed by atoms with E-state index in [-0.39, 0.29) is 25.2 Å². The second-order valence-electron chi connectivity index (χ2n) is 20.2. The highest BCUT2D eigenvalue weighted by Crippen LogP contribution is 2.17. The van der Waals surface area contributed by atoms with Crippen molar-refractivity contribution in [3.05, 3.63) is 72.9 Å². The van der Waals surface area contributed by atoms with Crippen molar-refractivity contribution in [1.82, 2.24) is 0 Å². The Morgan fingerprint density at radius 1 is 0.329 bits per heavy atom. The molecule has 70 heavy (non-hydrogen) atoms. The molecule has 0 spiro atoms. The zero-order valence-electron chi connectivity index (χ0n) is 46.8. The largest absolute Gasteiger partial charge is 0.462 e. The summed E-state index contributed by atoms with van der Waals surface area (Å²) < 4.78 is 17.5. The number of hydrogen-bond donors (Lipinski definition) is 0. The van der Waals surface area contributed by atoms with Gasteiger partial charge in [0.25, 0.3) is 0 Å². The van der Waals surface area contributed by atoms with E-state index in [9.17, 15) is 9.59 Å². The molecular formula is C65H116O5. The summed E-state index contributed by atoms with van der Waals surface area (Å²) in [4.78, 5) is 25.6. The van der Waals surface area contributed by atoms with Gasteiger partial charge in [-0.1, -0.05) is 299 Å². The molecule has 0 rings (SSSR count). The lowest BCUT2D eigenvalue weighted by Crippen LogP contribution is -2.30. The van der Waals surface area contributed by atoms with Gasteiger partial charge < -0.3 is 14.2 Å². The first-order chi connectivity index (χ1) is 34.6. The van der Waals surface area contributed by atoms with Crippen molar-refractivity contribution in [2.24, 2.45) is 0 Å². The molecule has 0 aliphatic heterocycles. The topological polar surface area (TPSA) is 61.8 Å². The summed E-state index contributed by atoms with van der Waals surface area (Å²) in [6, 6.07) is 0. The Morgan fingerprint density at radius 3 is 0.971 bits per heavy atom. The monoisotopic (exact) mass is 977 g/mol. The van der Waals surface area contributed by atoms with Gasteiger partial charge in [-0.05, 0) is 64.2 Å². The normalized spacial score (nSPS) is 12.7. The van der Waals surface area contributed by atoms with E-state index in [1.54, 1.807) is 0 Å². The van der Waals surface area contributed by atoms with Gasteiger partial charge in [-0.15, -0.1) is 0 Å². The predicted octanol–water partition coefficient (Wildman–Crippen LogP) is 21.0. The average Bonchev–Trinajstić information content (AvgIpc) is 3.36. The van der Waals surface area contributed by atoms with Gasteiger partial charge in [-0.3, -0.25) is 9.59 Å². The van der Waals surface area contributed by atoms with Crippen molar-refractivity contribution in [2.75, 3.05) is 19.8 Å². The second kappa shape index (κ2) is 60.6. The number of carbonyl (C=O) groups is 2. The maximum absolute atomic E-state index is 12.9. The molecular weight excluding hydrogens is 861 g/mol. The van der Waals surface area contributed by atoms with E-state index in [1.165, 1.54) is 193 Å². The van der Waals surface area contributed by atoms with Crippen LogP contribution in [0, 0.1) is 0 Å². The number of esters is 2. The fraction of sp³-hybridized carbons (Fsp3) is 0.785. The van der Waals surface area contributed by atoms with Gasteiger partial charge in [-0.25, -0.2) is 0 Å². The Hall–Kier alpha value is -2.66. The van der Waals surface area contributed by atoms with Crippen LogP contribution in [0.15, 0.2) is 72.9 Å². The maximum atomic E-state index is 12.9. The molecule has 0 saturated heterocycles. The number of unbranched alkanes of at least 4 members (excludes halogenated alkanes) is 33. The molecule has 0 fully saturated rings. The Balaban J connectivity index is 4.33. The maximum Gasteiger partial charge on any atom is 0.306 e. The van der Waals surface area contributed by atoms with Crippen LogP contribution in [0.5, 0.6) is 0 Å². The first-order valence-corrected chi connectivity index (χ1v) is 30.5. The quantitative estimate of drug-likeness (QED) is 0.0345. The molecule has 5 nitrogen and oxygen atoms in total. The first-order valence-electron chi connectivity index (χ1n) is 30.5. The fourth-order valence-corrected chi connectivity index (χ4v) is 8.77. The molecule has 0 aromatic carbocycles. The number of ether oxygens (including phenoxy) is 3. The standard InChI is InChI=1S/C65H116O5/c1-4-7-10-13-16-19-22-25-28-30-32-34-36-39-42-45-48-51-54-57-60-68-61-63(70-65(67)59-56-53-50-47-44-41-37-27-24-21-18-15-12-9-6-3)62-69-64(66)58-55-52-49-46-43-40-38-35-33-31-29-26-23-20-17-14-11-8-5-2/h7,10,16,19,25,28,32,34,39,42,48,51,63H,4-6,8-9,11-15,17-18,20-24,26-27,29-31,33,35-38,40-41,43-47,49-50,52-62H2,1-3H3/b10-7-,19-16-,28-25-,34-32-,42-39-,51-48-. The molecule has 0 saturated carbocycles. The minimum atomic E-state index is -0.566. The SMILES string of the molecule is CC/C=C\C/C=C\C/C=C\C/C=C\C/C=C\C/C=C\CCCOCC(COC(=O)CCCCCCCCCCCCCCCCCCCCC)OC(=O)CCCCCCCCCCCCCCCCC. The van der Waals surface area contributed by atoms with E-state index in [2.05, 4.69) is 93.7 Å². The first kappa shape index (κ1) is 67.3. The van der Waals surface area contributed by atoms with Crippen molar-refractivity contribution in [3.63, 3.8) is 0 Å². The molecule has 0 aromatic heterocycles. The molecule has 0 aliphatic rings. The molecule has 1 unspecified atom stereocenters. The van der Waals surface area contributed by atoms with Crippen LogP contribution in [0.4, 0.5) is 0 Å². The van der Waals surface area contributed by atoms with Gasteiger partial charge in [-0.2, -0.15) is 0 Å². The number of hydrogen-bond acceptors (Lipinski definition) is 5. The third kappa shape index (κ3) is 57.9. The van der Waals surface area contributed by atoms with Crippen LogP contribution in [0.1, 0.15) is 303 Å². The Labute approximate surface area is 436 Å². The molecule has 5 heteroatoms. The van der Waals surface area contributed by atoms with Crippen LogP contribution in [-0.4, -0.2) is 37.9 Å². The highest BCUT2D eigenvalue weighted by Gasteiger charge is 2.17. The highest BCUT2D eigenvalue weighted by atomic mass is 16.6. The van der Waals surface area contributed by atoms with Gasteiger partial charge in [0.05, 0.1) is 6.61 Å². The van der Waals surface area contributed by atoms with Crippen LogP contribution in [0.25, 0.3) is 0 Å². The minimum absolute atomic E-state index is 0.0652. The van der Waals surface area contributed by atoms with E-state index >= 15 is 0 Å². The van der Waals surface area contributed by atoms with E-state index in [1.807, 2.05) is 0 Å². The van der Waals surface area contributed by atoms with Crippen LogP contribution in [-0.2, 0) is 23.8 Å². The summed E-state index contributed by atoms with van der Waals surface area (Å²) in [5.41, 5.74) is 0. The summed E-state index contributed by atoms with van der Waals surface area (Å²) in [5, 5.41) is 0. The molecule has 0 N–H and O–H groups in total. The van der Waals surface area contributed by atoms with E-state index < -0.39 is 6.10 Å². The van der Waals surface area contributed by atoms with E-state index in [4.69, 9.17) is 14.2 Å². The number of rotatable bonds is 56. The van der Waals surface area contributed by atoms with Gasteiger partial charge >= 0.3 is 11.9 Å². The van der Waals surface area contributed by atoms with Crippen LogP contribution in [0.2, 0.25) is 0 Å². The molecule has 0 aromatic rings. The Bertz CT molecular complexity index is 1240. The molecule has 0 heterocycles. The summed E-state index contributed by atoms with van der Waals surface area (Å²) in [6.45, 7) is 7.63. The Morgan fingerprint density at radius 2 is 0.629 bits per heavy atom. The van der Waals surface area contributed by atoms with Gasteiger partial charge in [0.1, 0.15) is 6.61 Å². The van der Waals surface area contributed by atoms with E-state index in [0.717, 1.165) is 77.0 Å². The molecule has 1 atom stereocenters. The lowest BCUT2D eigenvalue weighted by molar-refractivity contribution is -0.163. The van der Waals surface area contributed by atoms with E-state index in [0.29, 0.717) is 19.4 Å². The minimum Gasteiger partial charge on any atom is -0.462 e. The summed E-state index contributed by atoms with van der Waals surface area (Å²) in [6.07, 6.45) is 79.4. The van der Waals surface area contributed by atoms with Crippen molar-refractivity contribution >= 4 is 11.9 Å².